The van der Waals surface area contributed by atoms with Crippen LogP contribution in [0.15, 0.2) is 40.2 Å². The number of anilines is 1. The summed E-state index contributed by atoms with van der Waals surface area (Å²) in [5.74, 6) is 1.60. The van der Waals surface area contributed by atoms with Gasteiger partial charge in [0, 0.05) is 23.0 Å². The average molecular weight is 339 g/mol. The highest BCUT2D eigenvalue weighted by Gasteiger charge is 2.00. The molecule has 0 bridgehead atoms. The van der Waals surface area contributed by atoms with E-state index >= 15 is 0 Å². The molecule has 2 aromatic rings. The van der Waals surface area contributed by atoms with E-state index in [0.717, 1.165) is 39.7 Å². The van der Waals surface area contributed by atoms with Crippen LogP contribution in [0.4, 0.5) is 5.82 Å². The molecule has 0 unspecified atom stereocenters. The van der Waals surface area contributed by atoms with Gasteiger partial charge in [-0.15, -0.1) is 0 Å². The van der Waals surface area contributed by atoms with Crippen LogP contribution in [0.25, 0.3) is 0 Å². The predicted molar refractivity (Wildman–Crippen MR) is 82.3 cm³/mol. The second-order valence-electron chi connectivity index (χ2n) is 3.92. The van der Waals surface area contributed by atoms with Crippen LogP contribution in [0.2, 0.25) is 0 Å². The van der Waals surface area contributed by atoms with Crippen molar-refractivity contribution in [1.82, 2.24) is 15.0 Å². The molecule has 19 heavy (non-hydrogen) atoms. The minimum Gasteiger partial charge on any atom is -0.369 e. The molecular weight excluding hydrogens is 324 g/mol. The molecule has 0 aliphatic heterocycles. The highest BCUT2D eigenvalue weighted by molar-refractivity contribution is 9.10. The summed E-state index contributed by atoms with van der Waals surface area (Å²) in [5.41, 5.74) is 0.955. The maximum atomic E-state index is 4.38. The summed E-state index contributed by atoms with van der Waals surface area (Å²) < 4.78 is 0.989. The molecular formula is C13H15BrN4S. The molecule has 0 amide bonds. The number of hydrogen-bond acceptors (Lipinski definition) is 5. The van der Waals surface area contributed by atoms with Crippen molar-refractivity contribution in [1.29, 1.82) is 0 Å². The molecule has 0 radical (unpaired) electrons. The van der Waals surface area contributed by atoms with Gasteiger partial charge in [-0.05, 0) is 34.5 Å². The molecule has 1 N–H and O–H groups in total. The minimum atomic E-state index is 0.774. The largest absolute Gasteiger partial charge is 0.369 e. The van der Waals surface area contributed by atoms with Gasteiger partial charge in [0.15, 0.2) is 0 Å². The van der Waals surface area contributed by atoms with Crippen molar-refractivity contribution >= 4 is 33.5 Å². The predicted octanol–water partition coefficient (Wildman–Crippen LogP) is 3.75. The highest BCUT2D eigenvalue weighted by atomic mass is 79.9. The van der Waals surface area contributed by atoms with Gasteiger partial charge in [-0.3, -0.25) is 4.98 Å². The lowest BCUT2D eigenvalue weighted by atomic mass is 10.4. The van der Waals surface area contributed by atoms with Crippen molar-refractivity contribution in [3.8, 4) is 0 Å². The van der Waals surface area contributed by atoms with Gasteiger partial charge in [0.05, 0.1) is 23.1 Å². The molecule has 100 valence electrons. The zero-order valence-electron chi connectivity index (χ0n) is 10.6. The summed E-state index contributed by atoms with van der Waals surface area (Å²) in [4.78, 5) is 13.0. The monoisotopic (exact) mass is 338 g/mol. The van der Waals surface area contributed by atoms with Crippen LogP contribution in [0, 0.1) is 0 Å². The lowest BCUT2D eigenvalue weighted by Gasteiger charge is -2.04. The quantitative estimate of drug-likeness (QED) is 0.813. The zero-order valence-corrected chi connectivity index (χ0v) is 13.0. The molecule has 0 spiro atoms. The summed E-state index contributed by atoms with van der Waals surface area (Å²) in [6.07, 6.45) is 6.46. The number of rotatable bonds is 6. The Bertz CT molecular complexity index is 501. The number of thioether (sulfide) groups is 1. The number of halogens is 1. The highest BCUT2D eigenvalue weighted by Crippen LogP contribution is 2.21. The van der Waals surface area contributed by atoms with Crippen molar-refractivity contribution in [3.05, 3.63) is 40.9 Å². The first-order valence-electron chi connectivity index (χ1n) is 6.07. The van der Waals surface area contributed by atoms with E-state index in [1.54, 1.807) is 24.2 Å². The van der Waals surface area contributed by atoms with Gasteiger partial charge in [-0.25, -0.2) is 9.97 Å². The third-order valence-corrected chi connectivity index (χ3v) is 3.78. The lowest BCUT2D eigenvalue weighted by Crippen LogP contribution is -2.02. The molecule has 0 aromatic carbocycles. The van der Waals surface area contributed by atoms with Crippen LogP contribution < -0.4 is 5.32 Å². The van der Waals surface area contributed by atoms with E-state index in [4.69, 9.17) is 0 Å². The van der Waals surface area contributed by atoms with E-state index in [1.165, 1.54) is 0 Å². The Kier molecular flexibility index (Phi) is 5.60. The number of nitrogens with one attached hydrogen (secondary N) is 1. The van der Waals surface area contributed by atoms with Gasteiger partial charge in [0.25, 0.3) is 0 Å². The normalized spacial score (nSPS) is 10.4. The minimum absolute atomic E-state index is 0.774. The van der Waals surface area contributed by atoms with Crippen LogP contribution >= 0.6 is 27.7 Å². The first kappa shape index (κ1) is 14.3. The number of pyridine rings is 1. The van der Waals surface area contributed by atoms with Gasteiger partial charge in [-0.2, -0.15) is 0 Å². The summed E-state index contributed by atoms with van der Waals surface area (Å²) >= 11 is 5.02. The Morgan fingerprint density at radius 2 is 2.05 bits per heavy atom. The van der Waals surface area contributed by atoms with Crippen molar-refractivity contribution in [2.45, 2.75) is 24.1 Å². The molecule has 2 aromatic heterocycles. The second kappa shape index (κ2) is 7.45. The fourth-order valence-electron chi connectivity index (χ4n) is 1.37. The van der Waals surface area contributed by atoms with Crippen LogP contribution in [0.1, 0.15) is 19.0 Å². The van der Waals surface area contributed by atoms with Crippen molar-refractivity contribution in [3.63, 3.8) is 0 Å². The van der Waals surface area contributed by atoms with Gasteiger partial charge >= 0.3 is 0 Å². The Balaban J connectivity index is 1.87. The van der Waals surface area contributed by atoms with E-state index in [9.17, 15) is 0 Å². The second-order valence-corrected chi connectivity index (χ2v) is 5.83. The lowest BCUT2D eigenvalue weighted by molar-refractivity contribution is 0.960. The SMILES string of the molecule is CCCNc1cnc(CSc2ccc(Br)cn2)cn1. The first-order chi connectivity index (χ1) is 9.28. The van der Waals surface area contributed by atoms with E-state index in [0.29, 0.717) is 0 Å². The Morgan fingerprint density at radius 1 is 1.16 bits per heavy atom. The standard InChI is InChI=1S/C13H15BrN4S/c1-2-5-15-12-8-16-11(7-17-12)9-19-13-4-3-10(14)6-18-13/h3-4,6-8H,2,5,9H2,1H3,(H,15,17). The number of nitrogens with zero attached hydrogens (tertiary/aromatic N) is 3. The van der Waals surface area contributed by atoms with Crippen LogP contribution in [-0.4, -0.2) is 21.5 Å². The Hall–Kier alpha value is -1.14. The van der Waals surface area contributed by atoms with Crippen molar-refractivity contribution in [2.24, 2.45) is 0 Å². The molecule has 0 saturated heterocycles. The molecule has 0 aliphatic rings. The maximum absolute atomic E-state index is 4.38. The molecule has 2 rings (SSSR count). The maximum Gasteiger partial charge on any atom is 0.144 e. The smallest absolute Gasteiger partial charge is 0.144 e. The van der Waals surface area contributed by atoms with E-state index < -0.39 is 0 Å². The van der Waals surface area contributed by atoms with E-state index in [2.05, 4.69) is 43.1 Å². The average Bonchev–Trinajstić information content (AvgIpc) is 2.46. The molecule has 4 nitrogen and oxygen atoms in total. The van der Waals surface area contributed by atoms with Gasteiger partial charge < -0.3 is 5.32 Å². The number of aromatic nitrogens is 3. The van der Waals surface area contributed by atoms with Gasteiger partial charge in [0.1, 0.15) is 5.82 Å². The molecule has 6 heteroatoms. The molecule has 0 fully saturated rings. The summed E-state index contributed by atoms with van der Waals surface area (Å²) in [7, 11) is 0. The molecule has 0 aliphatic carbocycles. The molecule has 0 saturated carbocycles. The third kappa shape index (κ3) is 4.80. The first-order valence-corrected chi connectivity index (χ1v) is 7.85. The fourth-order valence-corrected chi connectivity index (χ4v) is 2.34. The van der Waals surface area contributed by atoms with Gasteiger partial charge in [-0.1, -0.05) is 18.7 Å². The Morgan fingerprint density at radius 3 is 2.68 bits per heavy atom. The molecule has 0 atom stereocenters. The van der Waals surface area contributed by atoms with Crippen molar-refractivity contribution in [2.75, 3.05) is 11.9 Å². The van der Waals surface area contributed by atoms with Crippen LogP contribution in [0.3, 0.4) is 0 Å². The van der Waals surface area contributed by atoms with E-state index in [-0.39, 0.29) is 0 Å². The van der Waals surface area contributed by atoms with E-state index in [1.807, 2.05) is 18.3 Å². The Labute approximate surface area is 125 Å². The third-order valence-electron chi connectivity index (χ3n) is 2.33. The number of hydrogen-bond donors (Lipinski definition) is 1. The van der Waals surface area contributed by atoms with Gasteiger partial charge in [0.2, 0.25) is 0 Å². The summed E-state index contributed by atoms with van der Waals surface area (Å²) in [6.45, 7) is 3.04. The van der Waals surface area contributed by atoms with Crippen molar-refractivity contribution < 1.29 is 0 Å². The molecule has 2 heterocycles. The zero-order chi connectivity index (χ0) is 13.5. The fraction of sp³-hybridized carbons (Fsp3) is 0.308. The summed E-state index contributed by atoms with van der Waals surface area (Å²) in [6, 6.07) is 3.97. The topological polar surface area (TPSA) is 50.7 Å². The summed E-state index contributed by atoms with van der Waals surface area (Å²) in [5, 5.41) is 4.19. The van der Waals surface area contributed by atoms with Crippen LogP contribution in [-0.2, 0) is 5.75 Å². The van der Waals surface area contributed by atoms with Crippen LogP contribution in [0.5, 0.6) is 0 Å².